The van der Waals surface area contributed by atoms with Crippen molar-refractivity contribution in [2.24, 2.45) is 4.99 Å². The molecule has 0 amide bonds. The fraction of sp³-hybridized carbons (Fsp3) is 0.179. The molecule has 0 radical (unpaired) electrons. The first-order chi connectivity index (χ1) is 18.8. The molecule has 3 heterocycles. The molecule has 0 saturated carbocycles. The molecule has 4 aromatic rings. The molecule has 11 heteroatoms. The van der Waals surface area contributed by atoms with E-state index in [0.717, 1.165) is 28.9 Å². The lowest BCUT2D eigenvalue weighted by Gasteiger charge is -2.23. The molecule has 6 nitrogen and oxygen atoms in total. The number of halogens is 3. The number of hydrogen-bond acceptors (Lipinski definition) is 7. The zero-order valence-electron chi connectivity index (χ0n) is 20.7. The smallest absolute Gasteiger partial charge is 0.338 e. The van der Waals surface area contributed by atoms with Gasteiger partial charge in [0, 0.05) is 15.5 Å². The fourth-order valence-electron chi connectivity index (χ4n) is 4.22. The average molecular weight is 803 g/mol. The van der Waals surface area contributed by atoms with Crippen molar-refractivity contribution in [2.75, 3.05) is 6.61 Å². The highest BCUT2D eigenvalue weighted by Crippen LogP contribution is 2.33. The van der Waals surface area contributed by atoms with Gasteiger partial charge in [-0.25, -0.2) is 9.79 Å². The van der Waals surface area contributed by atoms with Crippen LogP contribution in [0.25, 0.3) is 6.08 Å². The van der Waals surface area contributed by atoms with Crippen LogP contribution in [0.15, 0.2) is 75.0 Å². The Bertz CT molecular complexity index is 1750. The fourth-order valence-corrected chi connectivity index (χ4v) is 8.41. The molecule has 0 saturated heterocycles. The second-order valence-electron chi connectivity index (χ2n) is 8.51. The van der Waals surface area contributed by atoms with Gasteiger partial charge in [-0.15, -0.1) is 11.3 Å². The molecule has 0 N–H and O–H groups in total. The predicted molar refractivity (Wildman–Crippen MR) is 172 cm³/mol. The molecule has 0 bridgehead atoms. The Morgan fingerprint density at radius 2 is 1.92 bits per heavy atom. The van der Waals surface area contributed by atoms with Crippen molar-refractivity contribution in [3.63, 3.8) is 0 Å². The number of allylic oxidation sites excluding steroid dienone is 1. The molecular weight excluding hydrogens is 782 g/mol. The van der Waals surface area contributed by atoms with E-state index in [1.54, 1.807) is 18.4 Å². The molecule has 0 spiro atoms. The Morgan fingerprint density at radius 3 is 2.59 bits per heavy atom. The van der Waals surface area contributed by atoms with E-state index in [4.69, 9.17) is 21.1 Å². The summed E-state index contributed by atoms with van der Waals surface area (Å²) in [4.78, 5) is 32.7. The first-order valence-corrected chi connectivity index (χ1v) is 16.1. The molecule has 1 atom stereocenters. The van der Waals surface area contributed by atoms with Crippen LogP contribution < -0.4 is 19.6 Å². The maximum Gasteiger partial charge on any atom is 0.338 e. The zero-order valence-corrected chi connectivity index (χ0v) is 27.4. The van der Waals surface area contributed by atoms with Crippen LogP contribution in [0.4, 0.5) is 0 Å². The van der Waals surface area contributed by atoms with Gasteiger partial charge in [-0.2, -0.15) is 0 Å². The number of benzene rings is 2. The molecule has 1 unspecified atom stereocenters. The van der Waals surface area contributed by atoms with Gasteiger partial charge in [-0.3, -0.25) is 9.36 Å². The van der Waals surface area contributed by atoms with E-state index in [1.807, 2.05) is 60.0 Å². The summed E-state index contributed by atoms with van der Waals surface area (Å²) in [6.45, 7) is 4.15. The third-order valence-corrected chi connectivity index (χ3v) is 9.86. The predicted octanol–water partition coefficient (Wildman–Crippen LogP) is 6.30. The van der Waals surface area contributed by atoms with Crippen LogP contribution in [-0.2, 0) is 16.1 Å². The number of nitrogens with zero attached hydrogens (tertiary/aromatic N) is 2. The van der Waals surface area contributed by atoms with Gasteiger partial charge in [0.1, 0.15) is 18.4 Å². The maximum atomic E-state index is 13.8. The lowest BCUT2D eigenvalue weighted by molar-refractivity contribution is -0.139. The van der Waals surface area contributed by atoms with Gasteiger partial charge in [0.2, 0.25) is 0 Å². The summed E-state index contributed by atoms with van der Waals surface area (Å²) in [5.74, 6) is 0.310. The van der Waals surface area contributed by atoms with Crippen LogP contribution in [0.5, 0.6) is 5.75 Å². The van der Waals surface area contributed by atoms with Crippen LogP contribution in [-0.4, -0.2) is 17.1 Å². The SMILES string of the molecule is CCOC(=O)C1=C(C)N=c2sc(=Cc3cc(I)c(OCc4ccccc4Cl)c(I)c3)c(=O)n2C1c1cccs1. The molecule has 0 fully saturated rings. The lowest BCUT2D eigenvalue weighted by Crippen LogP contribution is -2.39. The third kappa shape index (κ3) is 5.90. The minimum absolute atomic E-state index is 0.199. The van der Waals surface area contributed by atoms with E-state index in [9.17, 15) is 9.59 Å². The van der Waals surface area contributed by atoms with Crippen molar-refractivity contribution in [1.82, 2.24) is 4.57 Å². The first-order valence-electron chi connectivity index (χ1n) is 11.9. The minimum Gasteiger partial charge on any atom is -0.487 e. The summed E-state index contributed by atoms with van der Waals surface area (Å²) in [7, 11) is 0. The van der Waals surface area contributed by atoms with Crippen LogP contribution in [0.2, 0.25) is 5.02 Å². The summed E-state index contributed by atoms with van der Waals surface area (Å²) >= 11 is 13.6. The number of fused-ring (bicyclic) bond motifs is 1. The van der Waals surface area contributed by atoms with Gasteiger partial charge in [-0.1, -0.05) is 47.2 Å². The summed E-state index contributed by atoms with van der Waals surface area (Å²) in [6.07, 6.45) is 1.86. The van der Waals surface area contributed by atoms with Gasteiger partial charge in [-0.05, 0) is 100 Å². The number of hydrogen-bond donors (Lipinski definition) is 0. The minimum atomic E-state index is -0.580. The Hall–Kier alpha value is -2.00. The molecule has 0 aliphatic carbocycles. The second-order valence-corrected chi connectivity index (χ2v) is 13.2. The number of thiazole rings is 1. The van der Waals surface area contributed by atoms with E-state index in [0.29, 0.717) is 32.2 Å². The van der Waals surface area contributed by atoms with Gasteiger partial charge in [0.15, 0.2) is 4.80 Å². The van der Waals surface area contributed by atoms with Gasteiger partial charge in [0.05, 0.1) is 29.5 Å². The largest absolute Gasteiger partial charge is 0.487 e. The summed E-state index contributed by atoms with van der Waals surface area (Å²) < 4.78 is 15.4. The average Bonchev–Trinajstić information content (AvgIpc) is 3.52. The van der Waals surface area contributed by atoms with E-state index in [2.05, 4.69) is 50.2 Å². The summed E-state index contributed by atoms with van der Waals surface area (Å²) in [6, 6.07) is 14.8. The van der Waals surface area contributed by atoms with E-state index < -0.39 is 12.0 Å². The highest BCUT2D eigenvalue weighted by Gasteiger charge is 2.33. The highest BCUT2D eigenvalue weighted by atomic mass is 127. The summed E-state index contributed by atoms with van der Waals surface area (Å²) in [5.41, 5.74) is 2.53. The molecule has 1 aliphatic heterocycles. The molecule has 2 aromatic carbocycles. The Labute approximate surface area is 264 Å². The molecule has 2 aromatic heterocycles. The third-order valence-electron chi connectivity index (χ3n) is 5.98. The number of thiophene rings is 1. The summed E-state index contributed by atoms with van der Waals surface area (Å²) in [5, 5.41) is 2.60. The number of carbonyl (C=O) groups excluding carboxylic acids is 1. The monoisotopic (exact) mass is 802 g/mol. The Balaban J connectivity index is 1.54. The standard InChI is InChI=1S/C28H21ClI2N2O4S2/c1-3-36-27(35)23-15(2)32-28-33(24(23)21-9-6-10-38-21)26(34)22(39-28)13-16-11-19(30)25(20(31)12-16)37-14-17-7-4-5-8-18(17)29/h4-13,24H,3,14H2,1-2H3. The van der Waals surface area contributed by atoms with Crippen LogP contribution >= 0.6 is 79.5 Å². The van der Waals surface area contributed by atoms with Crippen molar-refractivity contribution >= 4 is 91.5 Å². The first kappa shape index (κ1) is 28.5. The topological polar surface area (TPSA) is 69.9 Å². The quantitative estimate of drug-likeness (QED) is 0.163. The molecule has 200 valence electrons. The van der Waals surface area contributed by atoms with Crippen LogP contribution in [0.3, 0.4) is 0 Å². The number of aromatic nitrogens is 1. The number of carbonyl (C=O) groups is 1. The van der Waals surface area contributed by atoms with E-state index in [1.165, 1.54) is 22.7 Å². The lowest BCUT2D eigenvalue weighted by atomic mass is 10.0. The van der Waals surface area contributed by atoms with Crippen LogP contribution in [0.1, 0.15) is 35.9 Å². The number of esters is 1. The van der Waals surface area contributed by atoms with Gasteiger partial charge in [0.25, 0.3) is 5.56 Å². The van der Waals surface area contributed by atoms with E-state index in [-0.39, 0.29) is 12.2 Å². The van der Waals surface area contributed by atoms with Crippen LogP contribution in [0, 0.1) is 7.14 Å². The Kier molecular flexibility index (Phi) is 8.96. The molecule has 5 rings (SSSR count). The van der Waals surface area contributed by atoms with Crippen molar-refractivity contribution in [3.8, 4) is 5.75 Å². The molecular formula is C28H21ClI2N2O4S2. The zero-order chi connectivity index (χ0) is 27.7. The van der Waals surface area contributed by atoms with Gasteiger partial charge < -0.3 is 9.47 Å². The van der Waals surface area contributed by atoms with Gasteiger partial charge >= 0.3 is 5.97 Å². The van der Waals surface area contributed by atoms with Crippen molar-refractivity contribution in [1.29, 1.82) is 0 Å². The number of ether oxygens (including phenoxy) is 2. The maximum absolute atomic E-state index is 13.8. The number of rotatable bonds is 7. The van der Waals surface area contributed by atoms with E-state index >= 15 is 0 Å². The van der Waals surface area contributed by atoms with Crippen molar-refractivity contribution < 1.29 is 14.3 Å². The second kappa shape index (κ2) is 12.2. The molecule has 1 aliphatic rings. The molecule has 39 heavy (non-hydrogen) atoms. The Morgan fingerprint density at radius 1 is 1.18 bits per heavy atom. The normalized spacial score (nSPS) is 15.2. The van der Waals surface area contributed by atoms with Crippen molar-refractivity contribution in [3.05, 3.63) is 113 Å². The highest BCUT2D eigenvalue weighted by molar-refractivity contribution is 14.1. The van der Waals surface area contributed by atoms with Crippen molar-refractivity contribution in [2.45, 2.75) is 26.5 Å².